The molecule has 0 aliphatic carbocycles. The van der Waals surface area contributed by atoms with Crippen LogP contribution in [0.15, 0.2) is 36.4 Å². The summed E-state index contributed by atoms with van der Waals surface area (Å²) in [6.07, 6.45) is 1.00. The summed E-state index contributed by atoms with van der Waals surface area (Å²) in [5, 5.41) is 4.22. The quantitative estimate of drug-likeness (QED) is 0.925. The van der Waals surface area contributed by atoms with Crippen molar-refractivity contribution in [2.45, 2.75) is 13.0 Å². The second-order valence-corrected chi connectivity index (χ2v) is 5.89. The van der Waals surface area contributed by atoms with Crippen LogP contribution < -0.4 is 15.0 Å². The van der Waals surface area contributed by atoms with Crippen molar-refractivity contribution in [3.8, 4) is 5.75 Å². The Morgan fingerprint density at radius 3 is 2.86 bits per heavy atom. The Hall–Kier alpha value is -1.87. The second-order valence-electron chi connectivity index (χ2n) is 5.45. The molecular weight excluding hydrogens is 284 g/mol. The van der Waals surface area contributed by atoms with Gasteiger partial charge >= 0.3 is 0 Å². The predicted octanol–water partition coefficient (Wildman–Crippen LogP) is 3.95. The van der Waals surface area contributed by atoms with E-state index < -0.39 is 0 Å². The molecule has 2 aromatic rings. The molecule has 0 amide bonds. The Labute approximate surface area is 130 Å². The molecule has 0 fully saturated rings. The lowest BCUT2D eigenvalue weighted by Crippen LogP contribution is -2.12. The van der Waals surface area contributed by atoms with Crippen LogP contribution in [0.3, 0.4) is 0 Å². The Morgan fingerprint density at radius 2 is 2.05 bits per heavy atom. The van der Waals surface area contributed by atoms with Crippen LogP contribution in [0.5, 0.6) is 5.75 Å². The van der Waals surface area contributed by atoms with Gasteiger partial charge < -0.3 is 15.0 Å². The summed E-state index contributed by atoms with van der Waals surface area (Å²) in [5.41, 5.74) is 4.73. The first kappa shape index (κ1) is 14.1. The van der Waals surface area contributed by atoms with E-state index in [1.807, 2.05) is 32.3 Å². The van der Waals surface area contributed by atoms with E-state index in [1.165, 1.54) is 11.1 Å². The van der Waals surface area contributed by atoms with E-state index in [0.29, 0.717) is 0 Å². The van der Waals surface area contributed by atoms with Gasteiger partial charge in [-0.3, -0.25) is 0 Å². The van der Waals surface area contributed by atoms with Gasteiger partial charge in [0.15, 0.2) is 0 Å². The number of hydrogen-bond donors (Lipinski definition) is 1. The van der Waals surface area contributed by atoms with Gasteiger partial charge in [-0.2, -0.15) is 0 Å². The van der Waals surface area contributed by atoms with Gasteiger partial charge in [0.05, 0.1) is 18.0 Å². The normalized spacial score (nSPS) is 12.7. The van der Waals surface area contributed by atoms with Gasteiger partial charge in [0.1, 0.15) is 5.75 Å². The van der Waals surface area contributed by atoms with E-state index in [0.717, 1.165) is 41.7 Å². The molecule has 4 heteroatoms. The summed E-state index contributed by atoms with van der Waals surface area (Å²) >= 11 is 6.10. The molecule has 0 unspecified atom stereocenters. The van der Waals surface area contributed by atoms with E-state index in [9.17, 15) is 0 Å². The predicted molar refractivity (Wildman–Crippen MR) is 88.7 cm³/mol. The van der Waals surface area contributed by atoms with Crippen LogP contribution in [-0.4, -0.2) is 20.7 Å². The number of benzene rings is 2. The Kier molecular flexibility index (Phi) is 3.93. The lowest BCUT2D eigenvalue weighted by atomic mass is 10.1. The molecule has 1 heterocycles. The van der Waals surface area contributed by atoms with Crippen molar-refractivity contribution in [3.63, 3.8) is 0 Å². The van der Waals surface area contributed by atoms with Gasteiger partial charge in [0.25, 0.3) is 0 Å². The van der Waals surface area contributed by atoms with Gasteiger partial charge in [-0.05, 0) is 35.4 Å². The summed E-state index contributed by atoms with van der Waals surface area (Å²) < 4.78 is 5.54. The average molecular weight is 303 g/mol. The maximum atomic E-state index is 6.10. The highest BCUT2D eigenvalue weighted by Gasteiger charge is 2.12. The van der Waals surface area contributed by atoms with Crippen LogP contribution >= 0.6 is 11.6 Å². The minimum absolute atomic E-state index is 0.741. The number of ether oxygens (including phenoxy) is 1. The number of rotatable bonds is 4. The first-order valence-electron chi connectivity index (χ1n) is 7.09. The third-order valence-electron chi connectivity index (χ3n) is 3.68. The molecule has 21 heavy (non-hydrogen) atoms. The van der Waals surface area contributed by atoms with E-state index in [-0.39, 0.29) is 0 Å². The van der Waals surface area contributed by atoms with Crippen LogP contribution in [0.2, 0.25) is 5.02 Å². The van der Waals surface area contributed by atoms with Gasteiger partial charge in [0.2, 0.25) is 0 Å². The molecule has 0 radical (unpaired) electrons. The van der Waals surface area contributed by atoms with E-state index in [4.69, 9.17) is 16.3 Å². The monoisotopic (exact) mass is 302 g/mol. The fraction of sp³-hybridized carbons (Fsp3) is 0.294. The molecule has 1 N–H and O–H groups in total. The zero-order valence-corrected chi connectivity index (χ0v) is 13.1. The molecule has 0 atom stereocenters. The third-order valence-corrected chi connectivity index (χ3v) is 3.91. The van der Waals surface area contributed by atoms with Crippen molar-refractivity contribution in [2.24, 2.45) is 0 Å². The molecule has 0 spiro atoms. The molecule has 0 saturated heterocycles. The molecular formula is C17H19ClN2O. The lowest BCUT2D eigenvalue weighted by molar-refractivity contribution is 0.357. The highest BCUT2D eigenvalue weighted by atomic mass is 35.5. The zero-order chi connectivity index (χ0) is 14.8. The largest absolute Gasteiger partial charge is 0.493 e. The smallest absolute Gasteiger partial charge is 0.122 e. The fourth-order valence-electron chi connectivity index (χ4n) is 2.59. The second kappa shape index (κ2) is 5.86. The minimum Gasteiger partial charge on any atom is -0.493 e. The van der Waals surface area contributed by atoms with Crippen molar-refractivity contribution in [1.29, 1.82) is 0 Å². The van der Waals surface area contributed by atoms with Gasteiger partial charge in [-0.25, -0.2) is 0 Å². The SMILES string of the molecule is CN(C)c1ccc(Cl)cc1NCc1ccc2c(c1)CCO2. The highest BCUT2D eigenvalue weighted by Crippen LogP contribution is 2.29. The number of nitrogens with zero attached hydrogens (tertiary/aromatic N) is 1. The molecule has 0 aromatic heterocycles. The fourth-order valence-corrected chi connectivity index (χ4v) is 2.76. The van der Waals surface area contributed by atoms with Crippen molar-refractivity contribution in [3.05, 3.63) is 52.5 Å². The highest BCUT2D eigenvalue weighted by molar-refractivity contribution is 6.31. The first-order valence-corrected chi connectivity index (χ1v) is 7.46. The van der Waals surface area contributed by atoms with Crippen LogP contribution in [0, 0.1) is 0 Å². The number of anilines is 2. The lowest BCUT2D eigenvalue weighted by Gasteiger charge is -2.19. The molecule has 1 aliphatic heterocycles. The third kappa shape index (κ3) is 3.08. The van der Waals surface area contributed by atoms with Crippen LogP contribution in [0.1, 0.15) is 11.1 Å². The van der Waals surface area contributed by atoms with Gasteiger partial charge in [-0.1, -0.05) is 23.7 Å². The average Bonchev–Trinajstić information content (AvgIpc) is 2.92. The minimum atomic E-state index is 0.741. The standard InChI is InChI=1S/C17H19ClN2O/c1-20(2)16-5-4-14(18)10-15(16)19-11-12-3-6-17-13(9-12)7-8-21-17/h3-6,9-10,19H,7-8,11H2,1-2H3. The number of nitrogens with one attached hydrogen (secondary N) is 1. The molecule has 110 valence electrons. The summed E-state index contributed by atoms with van der Waals surface area (Å²) in [7, 11) is 4.06. The molecule has 0 bridgehead atoms. The molecule has 2 aromatic carbocycles. The van der Waals surface area contributed by atoms with Crippen molar-refractivity contribution < 1.29 is 4.74 Å². The zero-order valence-electron chi connectivity index (χ0n) is 12.3. The number of halogens is 1. The molecule has 3 rings (SSSR count). The molecule has 0 saturated carbocycles. The molecule has 3 nitrogen and oxygen atoms in total. The van der Waals surface area contributed by atoms with Crippen LogP contribution in [0.25, 0.3) is 0 Å². The van der Waals surface area contributed by atoms with Crippen molar-refractivity contribution in [2.75, 3.05) is 30.9 Å². The Balaban J connectivity index is 1.77. The van der Waals surface area contributed by atoms with Crippen molar-refractivity contribution >= 4 is 23.0 Å². The summed E-state index contributed by atoms with van der Waals surface area (Å²) in [6.45, 7) is 1.57. The topological polar surface area (TPSA) is 24.5 Å². The van der Waals surface area contributed by atoms with Crippen molar-refractivity contribution in [1.82, 2.24) is 0 Å². The van der Waals surface area contributed by atoms with Gasteiger partial charge in [0, 0.05) is 32.1 Å². The van der Waals surface area contributed by atoms with E-state index in [1.54, 1.807) is 0 Å². The van der Waals surface area contributed by atoms with Crippen LogP contribution in [0.4, 0.5) is 11.4 Å². The molecule has 1 aliphatic rings. The van der Waals surface area contributed by atoms with Crippen LogP contribution in [-0.2, 0) is 13.0 Å². The van der Waals surface area contributed by atoms with Gasteiger partial charge in [-0.15, -0.1) is 0 Å². The summed E-state index contributed by atoms with van der Waals surface area (Å²) in [6, 6.07) is 12.3. The number of fused-ring (bicyclic) bond motifs is 1. The van der Waals surface area contributed by atoms with E-state index in [2.05, 4.69) is 28.4 Å². The maximum Gasteiger partial charge on any atom is 0.122 e. The first-order chi connectivity index (χ1) is 10.1. The summed E-state index contributed by atoms with van der Waals surface area (Å²) in [5.74, 6) is 1.02. The Morgan fingerprint density at radius 1 is 1.19 bits per heavy atom. The maximum absolute atomic E-state index is 6.10. The number of hydrogen-bond acceptors (Lipinski definition) is 3. The Bertz CT molecular complexity index is 655. The summed E-state index contributed by atoms with van der Waals surface area (Å²) in [4.78, 5) is 2.08. The van der Waals surface area contributed by atoms with E-state index >= 15 is 0 Å².